The van der Waals surface area contributed by atoms with Crippen molar-refractivity contribution in [3.63, 3.8) is 0 Å². The van der Waals surface area contributed by atoms with Crippen molar-refractivity contribution in [2.75, 3.05) is 13.1 Å². The minimum Gasteiger partial charge on any atom is -0.388 e. The molecule has 2 unspecified atom stereocenters. The monoisotopic (exact) mass is 181 g/mol. The number of β-amino-alcohol motifs (C(OH)–C–C–N with tert-alkyl or cyclic N) is 1. The lowest BCUT2D eigenvalue weighted by molar-refractivity contribution is 0.0997. The first-order valence-electron chi connectivity index (χ1n) is 5.74. The molecule has 2 nitrogen and oxygen atoms in total. The van der Waals surface area contributed by atoms with Crippen molar-refractivity contribution >= 4 is 0 Å². The molecule has 1 heterocycles. The van der Waals surface area contributed by atoms with Crippen LogP contribution in [0.5, 0.6) is 0 Å². The fourth-order valence-electron chi connectivity index (χ4n) is 3.22. The van der Waals surface area contributed by atoms with Crippen molar-refractivity contribution in [3.8, 4) is 0 Å². The molecule has 3 aliphatic rings. The number of rotatable bonds is 1. The molecule has 3 fully saturated rings. The molecule has 3 rings (SSSR count). The van der Waals surface area contributed by atoms with Gasteiger partial charge >= 0.3 is 0 Å². The molecule has 0 aromatic heterocycles. The zero-order valence-corrected chi connectivity index (χ0v) is 8.21. The molecular formula is C11H19NO. The van der Waals surface area contributed by atoms with E-state index < -0.39 is 0 Å². The van der Waals surface area contributed by atoms with Crippen LogP contribution in [0.3, 0.4) is 0 Å². The van der Waals surface area contributed by atoms with Gasteiger partial charge in [-0.25, -0.2) is 0 Å². The molecule has 13 heavy (non-hydrogen) atoms. The lowest BCUT2D eigenvalue weighted by atomic mass is 9.94. The van der Waals surface area contributed by atoms with E-state index in [-0.39, 0.29) is 5.60 Å². The second-order valence-corrected chi connectivity index (χ2v) is 5.23. The third kappa shape index (κ3) is 1.31. The Morgan fingerprint density at radius 2 is 1.92 bits per heavy atom. The van der Waals surface area contributed by atoms with Crippen molar-refractivity contribution in [2.45, 2.75) is 50.2 Å². The first kappa shape index (κ1) is 8.25. The molecule has 1 saturated heterocycles. The second-order valence-electron chi connectivity index (χ2n) is 5.23. The highest BCUT2D eigenvalue weighted by Gasteiger charge is 2.59. The van der Waals surface area contributed by atoms with Gasteiger partial charge in [-0.05, 0) is 19.3 Å². The maximum absolute atomic E-state index is 9.93. The quantitative estimate of drug-likeness (QED) is 0.660. The number of piperidine rings is 1. The van der Waals surface area contributed by atoms with Gasteiger partial charge in [-0.15, -0.1) is 0 Å². The van der Waals surface area contributed by atoms with Gasteiger partial charge in [0.25, 0.3) is 0 Å². The summed E-state index contributed by atoms with van der Waals surface area (Å²) in [7, 11) is 0. The van der Waals surface area contributed by atoms with Crippen LogP contribution in [0, 0.1) is 5.92 Å². The summed E-state index contributed by atoms with van der Waals surface area (Å²) in [6.07, 6.45) is 8.08. The Morgan fingerprint density at radius 3 is 2.54 bits per heavy atom. The van der Waals surface area contributed by atoms with Gasteiger partial charge in [0.2, 0.25) is 0 Å². The minimum absolute atomic E-state index is 0.239. The fraction of sp³-hybridized carbons (Fsp3) is 1.00. The van der Waals surface area contributed by atoms with Gasteiger partial charge in [0.15, 0.2) is 0 Å². The summed E-state index contributed by atoms with van der Waals surface area (Å²) in [6.45, 7) is 2.16. The standard InChI is InChI=1S/C11H19NO/c13-11-6-9(11)7-12(8-11)10-4-2-1-3-5-10/h9-10,13H,1-8H2. The molecule has 1 N–H and O–H groups in total. The average Bonchev–Trinajstić information content (AvgIpc) is 2.67. The summed E-state index contributed by atoms with van der Waals surface area (Å²) >= 11 is 0. The predicted molar refractivity (Wildman–Crippen MR) is 51.5 cm³/mol. The first-order chi connectivity index (χ1) is 6.28. The number of hydrogen-bond donors (Lipinski definition) is 1. The molecule has 0 aromatic carbocycles. The predicted octanol–water partition coefficient (Wildman–Crippen LogP) is 1.39. The SMILES string of the molecule is OC12CC1CN(C1CCCCC1)C2. The van der Waals surface area contributed by atoms with Gasteiger partial charge in [0.1, 0.15) is 0 Å². The lowest BCUT2D eigenvalue weighted by Crippen LogP contribution is -2.38. The van der Waals surface area contributed by atoms with E-state index in [0.29, 0.717) is 5.92 Å². The topological polar surface area (TPSA) is 23.5 Å². The van der Waals surface area contributed by atoms with Gasteiger partial charge < -0.3 is 5.11 Å². The van der Waals surface area contributed by atoms with Crippen molar-refractivity contribution in [3.05, 3.63) is 0 Å². The summed E-state index contributed by atoms with van der Waals surface area (Å²) in [5, 5.41) is 9.93. The Bertz CT molecular complexity index is 212. The van der Waals surface area contributed by atoms with Crippen LogP contribution in [0.25, 0.3) is 0 Å². The van der Waals surface area contributed by atoms with Gasteiger partial charge in [0.05, 0.1) is 5.60 Å². The van der Waals surface area contributed by atoms with Gasteiger partial charge in [-0.2, -0.15) is 0 Å². The molecule has 0 amide bonds. The Kier molecular flexibility index (Phi) is 1.72. The zero-order valence-electron chi connectivity index (χ0n) is 8.21. The Labute approximate surface area is 79.9 Å². The summed E-state index contributed by atoms with van der Waals surface area (Å²) in [4.78, 5) is 2.55. The van der Waals surface area contributed by atoms with E-state index in [4.69, 9.17) is 0 Å². The molecule has 0 spiro atoms. The van der Waals surface area contributed by atoms with E-state index in [9.17, 15) is 5.11 Å². The third-order valence-corrected chi connectivity index (χ3v) is 4.22. The summed E-state index contributed by atoms with van der Waals surface area (Å²) in [5.41, 5.74) is -0.239. The van der Waals surface area contributed by atoms with E-state index in [1.165, 1.54) is 38.6 Å². The van der Waals surface area contributed by atoms with Crippen LogP contribution in [-0.4, -0.2) is 34.7 Å². The molecule has 2 heteroatoms. The van der Waals surface area contributed by atoms with Crippen LogP contribution in [0.1, 0.15) is 38.5 Å². The Hall–Kier alpha value is -0.0800. The molecule has 2 atom stereocenters. The van der Waals surface area contributed by atoms with Crippen LogP contribution in [0.15, 0.2) is 0 Å². The summed E-state index contributed by atoms with van der Waals surface area (Å²) in [5.74, 6) is 0.634. The summed E-state index contributed by atoms with van der Waals surface area (Å²) in [6, 6.07) is 0.811. The van der Waals surface area contributed by atoms with Gasteiger partial charge in [0, 0.05) is 25.0 Å². The largest absolute Gasteiger partial charge is 0.388 e. The molecule has 74 valence electrons. The Morgan fingerprint density at radius 1 is 1.15 bits per heavy atom. The third-order valence-electron chi connectivity index (χ3n) is 4.22. The van der Waals surface area contributed by atoms with E-state index in [2.05, 4.69) is 4.90 Å². The average molecular weight is 181 g/mol. The molecule has 1 aliphatic heterocycles. The molecule has 0 aromatic rings. The molecule has 0 radical (unpaired) electrons. The summed E-state index contributed by atoms with van der Waals surface area (Å²) < 4.78 is 0. The first-order valence-corrected chi connectivity index (χ1v) is 5.74. The highest BCUT2D eigenvalue weighted by molar-refractivity contribution is 5.12. The smallest absolute Gasteiger partial charge is 0.0819 e. The lowest BCUT2D eigenvalue weighted by Gasteiger charge is -2.32. The Balaban J connectivity index is 1.61. The van der Waals surface area contributed by atoms with Crippen LogP contribution < -0.4 is 0 Å². The van der Waals surface area contributed by atoms with Crippen molar-refractivity contribution in [2.24, 2.45) is 5.92 Å². The van der Waals surface area contributed by atoms with E-state index in [0.717, 1.165) is 19.0 Å². The fourth-order valence-corrected chi connectivity index (χ4v) is 3.22. The molecule has 2 saturated carbocycles. The normalized spacial score (nSPS) is 46.4. The molecular weight excluding hydrogens is 162 g/mol. The minimum atomic E-state index is -0.239. The maximum Gasteiger partial charge on any atom is 0.0819 e. The highest BCUT2D eigenvalue weighted by Crippen LogP contribution is 2.50. The second kappa shape index (κ2) is 2.71. The van der Waals surface area contributed by atoms with Gasteiger partial charge in [-0.1, -0.05) is 19.3 Å². The van der Waals surface area contributed by atoms with E-state index in [1.807, 2.05) is 0 Å². The van der Waals surface area contributed by atoms with Crippen molar-refractivity contribution in [1.82, 2.24) is 4.90 Å². The van der Waals surface area contributed by atoms with Crippen molar-refractivity contribution in [1.29, 1.82) is 0 Å². The number of hydrogen-bond acceptors (Lipinski definition) is 2. The molecule has 0 bridgehead atoms. The van der Waals surface area contributed by atoms with E-state index in [1.54, 1.807) is 0 Å². The van der Waals surface area contributed by atoms with Crippen LogP contribution in [0.2, 0.25) is 0 Å². The van der Waals surface area contributed by atoms with Crippen LogP contribution >= 0.6 is 0 Å². The number of likely N-dealkylation sites (tertiary alicyclic amines) is 1. The highest BCUT2D eigenvalue weighted by atomic mass is 16.3. The zero-order chi connectivity index (χ0) is 8.89. The number of fused-ring (bicyclic) bond motifs is 1. The molecule has 2 aliphatic carbocycles. The maximum atomic E-state index is 9.93. The van der Waals surface area contributed by atoms with Gasteiger partial charge in [-0.3, -0.25) is 4.90 Å². The number of aliphatic hydroxyl groups is 1. The number of nitrogens with zero attached hydrogens (tertiary/aromatic N) is 1. The van der Waals surface area contributed by atoms with E-state index >= 15 is 0 Å². The van der Waals surface area contributed by atoms with Crippen molar-refractivity contribution < 1.29 is 5.11 Å². The van der Waals surface area contributed by atoms with Crippen LogP contribution in [0.4, 0.5) is 0 Å². The van der Waals surface area contributed by atoms with Crippen LogP contribution in [-0.2, 0) is 0 Å².